The Bertz CT molecular complexity index is 826. The molecular formula is C20H25ClN4O2. The first-order valence-corrected chi connectivity index (χ1v) is 9.56. The Morgan fingerprint density at radius 2 is 2.11 bits per heavy atom. The van der Waals surface area contributed by atoms with Gasteiger partial charge in [-0.2, -0.15) is 0 Å². The van der Waals surface area contributed by atoms with Gasteiger partial charge < -0.3 is 16.0 Å². The van der Waals surface area contributed by atoms with Crippen LogP contribution in [0.4, 0.5) is 5.69 Å². The molecule has 1 fully saturated rings. The fraction of sp³-hybridized carbons (Fsp3) is 0.450. The van der Waals surface area contributed by atoms with Gasteiger partial charge in [0, 0.05) is 41.1 Å². The van der Waals surface area contributed by atoms with Gasteiger partial charge in [0.1, 0.15) is 0 Å². The van der Waals surface area contributed by atoms with E-state index in [0.717, 1.165) is 36.3 Å². The zero-order chi connectivity index (χ0) is 19.6. The molecule has 2 aliphatic heterocycles. The number of carbonyl (C=O) groups excluding carboxylic acids is 2. The molecule has 3 N–H and O–H groups in total. The maximum absolute atomic E-state index is 12.8. The van der Waals surface area contributed by atoms with Crippen LogP contribution in [-0.2, 0) is 4.79 Å². The number of hydrogen-bond donors (Lipinski definition) is 3. The fourth-order valence-corrected chi connectivity index (χ4v) is 3.73. The summed E-state index contributed by atoms with van der Waals surface area (Å²) in [6.07, 6.45) is 2.91. The molecule has 1 saturated heterocycles. The van der Waals surface area contributed by atoms with Crippen molar-refractivity contribution in [1.29, 1.82) is 0 Å². The molecule has 2 unspecified atom stereocenters. The maximum atomic E-state index is 12.8. The smallest absolute Gasteiger partial charge is 0.254 e. The minimum absolute atomic E-state index is 0.216. The summed E-state index contributed by atoms with van der Waals surface area (Å²) >= 11 is 6.25. The Hall–Kier alpha value is -2.18. The first-order chi connectivity index (χ1) is 12.8. The van der Waals surface area contributed by atoms with Crippen molar-refractivity contribution in [3.63, 3.8) is 0 Å². The summed E-state index contributed by atoms with van der Waals surface area (Å²) in [7, 11) is 0. The third kappa shape index (κ3) is 4.57. The predicted octanol–water partition coefficient (Wildman–Crippen LogP) is 2.72. The second kappa shape index (κ2) is 8.23. The highest BCUT2D eigenvalue weighted by Gasteiger charge is 2.25. The van der Waals surface area contributed by atoms with Crippen molar-refractivity contribution in [2.75, 3.05) is 25.0 Å². The van der Waals surface area contributed by atoms with Crippen LogP contribution in [-0.4, -0.2) is 43.2 Å². The van der Waals surface area contributed by atoms with Crippen LogP contribution in [0.1, 0.15) is 36.2 Å². The van der Waals surface area contributed by atoms with Gasteiger partial charge in [-0.3, -0.25) is 9.59 Å². The van der Waals surface area contributed by atoms with Crippen LogP contribution in [0.3, 0.4) is 0 Å². The van der Waals surface area contributed by atoms with Crippen molar-refractivity contribution in [2.45, 2.75) is 33.2 Å². The number of benzene rings is 1. The van der Waals surface area contributed by atoms with E-state index in [4.69, 9.17) is 11.6 Å². The van der Waals surface area contributed by atoms with Crippen LogP contribution in [0.2, 0.25) is 5.02 Å². The zero-order valence-electron chi connectivity index (χ0n) is 15.9. The first kappa shape index (κ1) is 19.6. The number of dihydropyridines is 1. The van der Waals surface area contributed by atoms with Crippen LogP contribution < -0.4 is 16.0 Å². The van der Waals surface area contributed by atoms with Gasteiger partial charge in [-0.15, -0.1) is 0 Å². The van der Waals surface area contributed by atoms with Crippen molar-refractivity contribution in [3.05, 3.63) is 39.9 Å². The van der Waals surface area contributed by atoms with Gasteiger partial charge in [-0.1, -0.05) is 17.2 Å². The van der Waals surface area contributed by atoms with E-state index in [-0.39, 0.29) is 18.4 Å². The average molecular weight is 389 g/mol. The molecule has 0 radical (unpaired) electrons. The Kier molecular flexibility index (Phi) is 5.97. The minimum atomic E-state index is -0.417. The van der Waals surface area contributed by atoms with Crippen molar-refractivity contribution < 1.29 is 9.59 Å². The minimum Gasteiger partial charge on any atom is -0.381 e. The highest BCUT2D eigenvalue weighted by atomic mass is 35.5. The summed E-state index contributed by atoms with van der Waals surface area (Å²) in [6, 6.07) is 3.84. The molecule has 0 bridgehead atoms. The summed E-state index contributed by atoms with van der Waals surface area (Å²) in [6.45, 7) is 7.67. The number of hydrogen-bond acceptors (Lipinski definition) is 4. The van der Waals surface area contributed by atoms with Gasteiger partial charge >= 0.3 is 0 Å². The lowest BCUT2D eigenvalue weighted by molar-refractivity contribution is -0.120. The summed E-state index contributed by atoms with van der Waals surface area (Å²) in [5.41, 5.74) is 3.83. The maximum Gasteiger partial charge on any atom is 0.254 e. The predicted molar refractivity (Wildman–Crippen MR) is 109 cm³/mol. The van der Waals surface area contributed by atoms with E-state index >= 15 is 0 Å². The van der Waals surface area contributed by atoms with E-state index in [0.29, 0.717) is 22.3 Å². The van der Waals surface area contributed by atoms with Crippen molar-refractivity contribution in [3.8, 4) is 0 Å². The lowest BCUT2D eigenvalue weighted by atomic mass is 9.95. The molecule has 0 saturated carbocycles. The number of rotatable bonds is 5. The van der Waals surface area contributed by atoms with E-state index in [1.165, 1.54) is 0 Å². The van der Waals surface area contributed by atoms with Crippen molar-refractivity contribution in [2.24, 2.45) is 10.9 Å². The number of halogens is 1. The fourth-order valence-electron chi connectivity index (χ4n) is 3.51. The van der Waals surface area contributed by atoms with Crippen LogP contribution in [0.5, 0.6) is 0 Å². The molecule has 1 aromatic rings. The number of allylic oxidation sites excluding steroid dienone is 1. The number of nitrogens with zero attached hydrogens (tertiary/aromatic N) is 1. The highest BCUT2D eigenvalue weighted by molar-refractivity contribution is 6.31. The van der Waals surface area contributed by atoms with E-state index in [2.05, 4.69) is 20.9 Å². The largest absolute Gasteiger partial charge is 0.381 e. The highest BCUT2D eigenvalue weighted by Crippen LogP contribution is 2.26. The lowest BCUT2D eigenvalue weighted by Gasteiger charge is -2.20. The molecule has 0 spiro atoms. The molecule has 6 nitrogen and oxygen atoms in total. The summed E-state index contributed by atoms with van der Waals surface area (Å²) in [5.74, 6) is -0.875. The second-order valence-corrected chi connectivity index (χ2v) is 7.64. The molecule has 2 amide bonds. The van der Waals surface area contributed by atoms with Gasteiger partial charge in [0.25, 0.3) is 11.8 Å². The monoisotopic (exact) mass is 388 g/mol. The Morgan fingerprint density at radius 1 is 1.33 bits per heavy atom. The molecule has 2 aliphatic rings. The van der Waals surface area contributed by atoms with E-state index in [1.54, 1.807) is 13.0 Å². The Balaban J connectivity index is 1.72. The molecule has 0 aromatic heterocycles. The van der Waals surface area contributed by atoms with E-state index in [1.807, 2.05) is 26.0 Å². The summed E-state index contributed by atoms with van der Waals surface area (Å²) < 4.78 is 0. The van der Waals surface area contributed by atoms with Gasteiger partial charge in [-0.25, -0.2) is 4.99 Å². The quantitative estimate of drug-likeness (QED) is 0.724. The standard InChI is InChI=1S/C20H25ClN4O2/c1-11-6-12(2)24-20(27)17(11)10-23-19(26)16-7-14(21)8-18(13(16)3)25-15-4-5-22-9-15/h6-8,15,17,22,25H,4-5,9-10H2,1-3H3,(H,23,26). The molecule has 1 aromatic carbocycles. The van der Waals surface area contributed by atoms with Crippen LogP contribution in [0.15, 0.2) is 28.8 Å². The van der Waals surface area contributed by atoms with Gasteiger partial charge in [0.05, 0.1) is 5.92 Å². The van der Waals surface area contributed by atoms with Crippen LogP contribution in [0.25, 0.3) is 0 Å². The topological polar surface area (TPSA) is 82.6 Å². The van der Waals surface area contributed by atoms with Crippen LogP contribution in [0, 0.1) is 12.8 Å². The number of carbonyl (C=O) groups is 2. The average Bonchev–Trinajstić information content (AvgIpc) is 3.09. The lowest BCUT2D eigenvalue weighted by Crippen LogP contribution is -2.35. The van der Waals surface area contributed by atoms with Crippen molar-refractivity contribution >= 4 is 34.8 Å². The summed E-state index contributed by atoms with van der Waals surface area (Å²) in [4.78, 5) is 28.8. The van der Waals surface area contributed by atoms with Gasteiger partial charge in [-0.05, 0) is 57.5 Å². The molecule has 2 heterocycles. The summed E-state index contributed by atoms with van der Waals surface area (Å²) in [5, 5.41) is 10.1. The third-order valence-corrected chi connectivity index (χ3v) is 5.29. The van der Waals surface area contributed by atoms with Gasteiger partial charge in [0.15, 0.2) is 0 Å². The molecule has 3 rings (SSSR count). The normalized spacial score (nSPS) is 22.3. The molecule has 0 aliphatic carbocycles. The van der Waals surface area contributed by atoms with E-state index in [9.17, 15) is 9.59 Å². The third-order valence-electron chi connectivity index (χ3n) is 5.07. The van der Waals surface area contributed by atoms with Crippen molar-refractivity contribution in [1.82, 2.24) is 10.6 Å². The number of aliphatic imine (C=N–C) groups is 1. The zero-order valence-corrected chi connectivity index (χ0v) is 16.6. The Labute approximate surface area is 164 Å². The van der Waals surface area contributed by atoms with Crippen LogP contribution >= 0.6 is 11.6 Å². The molecule has 2 atom stereocenters. The number of nitrogens with one attached hydrogen (secondary N) is 3. The van der Waals surface area contributed by atoms with E-state index < -0.39 is 5.92 Å². The first-order valence-electron chi connectivity index (χ1n) is 9.18. The number of amides is 2. The molecular weight excluding hydrogens is 364 g/mol. The number of anilines is 1. The second-order valence-electron chi connectivity index (χ2n) is 7.20. The molecule has 7 heteroatoms. The SMILES string of the molecule is CC1=CC(C)=NC(=O)C1CNC(=O)c1cc(Cl)cc(NC2CCNC2)c1C. The molecule has 144 valence electrons. The Morgan fingerprint density at radius 3 is 2.78 bits per heavy atom. The molecule has 27 heavy (non-hydrogen) atoms. The van der Waals surface area contributed by atoms with Gasteiger partial charge in [0.2, 0.25) is 0 Å².